The van der Waals surface area contributed by atoms with E-state index < -0.39 is 29.9 Å². The summed E-state index contributed by atoms with van der Waals surface area (Å²) in [5.74, 6) is -0.566. The van der Waals surface area contributed by atoms with Crippen LogP contribution in [0.2, 0.25) is 0 Å². The lowest BCUT2D eigenvalue weighted by Crippen LogP contribution is -2.46. The van der Waals surface area contributed by atoms with Gasteiger partial charge < -0.3 is 14.4 Å². The van der Waals surface area contributed by atoms with Crippen molar-refractivity contribution in [1.82, 2.24) is 10.2 Å². The first kappa shape index (κ1) is 21.1. The lowest BCUT2D eigenvalue weighted by molar-refractivity contribution is -0.138. The molecule has 158 valence electrons. The first-order valence-electron chi connectivity index (χ1n) is 9.85. The highest BCUT2D eigenvalue weighted by Gasteiger charge is 2.34. The average Bonchev–Trinajstić information content (AvgIpc) is 2.63. The van der Waals surface area contributed by atoms with Crippen LogP contribution in [0.1, 0.15) is 51.5 Å². The molecule has 1 aromatic rings. The summed E-state index contributed by atoms with van der Waals surface area (Å²) in [5, 5.41) is 2.25. The highest BCUT2D eigenvalue weighted by atomic mass is 19.1. The molecule has 0 saturated carbocycles. The summed E-state index contributed by atoms with van der Waals surface area (Å²) in [4.78, 5) is 36.5. The number of amides is 3. The average molecular weight is 406 g/mol. The molecule has 0 aliphatic carbocycles. The Morgan fingerprint density at radius 1 is 1.17 bits per heavy atom. The molecule has 3 rings (SSSR count). The number of rotatable bonds is 3. The number of carbonyl (C=O) groups excluding carboxylic acids is 3. The Balaban J connectivity index is 1.57. The SMILES string of the molecule is CC(C)(C)OC(=O)N1CCC(c2ccc(OC3CCC(=O)NC3=O)cc2)C(F)C1. The van der Waals surface area contributed by atoms with Gasteiger partial charge >= 0.3 is 6.09 Å². The molecule has 2 fully saturated rings. The first-order valence-corrected chi connectivity index (χ1v) is 9.85. The number of halogens is 1. The van der Waals surface area contributed by atoms with Crippen molar-refractivity contribution in [1.29, 1.82) is 0 Å². The lowest BCUT2D eigenvalue weighted by Gasteiger charge is -2.35. The number of likely N-dealkylation sites (tertiary alicyclic amines) is 1. The lowest BCUT2D eigenvalue weighted by atomic mass is 9.88. The van der Waals surface area contributed by atoms with Crippen molar-refractivity contribution in [2.45, 2.75) is 63.8 Å². The molecule has 1 aromatic carbocycles. The Labute approximate surface area is 169 Å². The van der Waals surface area contributed by atoms with Crippen LogP contribution in [0.15, 0.2) is 24.3 Å². The molecule has 2 saturated heterocycles. The van der Waals surface area contributed by atoms with Crippen molar-refractivity contribution in [3.63, 3.8) is 0 Å². The van der Waals surface area contributed by atoms with E-state index in [-0.39, 0.29) is 24.8 Å². The van der Waals surface area contributed by atoms with Crippen LogP contribution in [0.4, 0.5) is 9.18 Å². The van der Waals surface area contributed by atoms with Gasteiger partial charge in [-0.15, -0.1) is 0 Å². The summed E-state index contributed by atoms with van der Waals surface area (Å²) < 4.78 is 25.7. The third-order valence-corrected chi connectivity index (χ3v) is 4.97. The van der Waals surface area contributed by atoms with E-state index in [1.807, 2.05) is 0 Å². The predicted octanol–water partition coefficient (Wildman–Crippen LogP) is 2.93. The van der Waals surface area contributed by atoms with Gasteiger partial charge in [-0.25, -0.2) is 9.18 Å². The number of alkyl halides is 1. The van der Waals surface area contributed by atoms with Crippen LogP contribution in [0.25, 0.3) is 0 Å². The number of imide groups is 1. The molecule has 3 unspecified atom stereocenters. The van der Waals surface area contributed by atoms with Gasteiger partial charge in [0.05, 0.1) is 6.54 Å². The van der Waals surface area contributed by atoms with Crippen LogP contribution in [0, 0.1) is 0 Å². The molecule has 3 amide bonds. The fourth-order valence-electron chi connectivity index (χ4n) is 3.52. The predicted molar refractivity (Wildman–Crippen MR) is 103 cm³/mol. The summed E-state index contributed by atoms with van der Waals surface area (Å²) in [6.45, 7) is 5.76. The van der Waals surface area contributed by atoms with E-state index in [1.165, 1.54) is 4.90 Å². The maximum absolute atomic E-state index is 14.8. The zero-order valence-electron chi connectivity index (χ0n) is 16.9. The molecule has 29 heavy (non-hydrogen) atoms. The van der Waals surface area contributed by atoms with Gasteiger partial charge in [-0.3, -0.25) is 14.9 Å². The molecule has 1 N–H and O–H groups in total. The largest absolute Gasteiger partial charge is 0.481 e. The minimum Gasteiger partial charge on any atom is -0.481 e. The van der Waals surface area contributed by atoms with Crippen LogP contribution in [-0.4, -0.2) is 53.8 Å². The molecule has 8 heteroatoms. The van der Waals surface area contributed by atoms with Crippen molar-refractivity contribution >= 4 is 17.9 Å². The molecule has 2 heterocycles. The van der Waals surface area contributed by atoms with Crippen LogP contribution >= 0.6 is 0 Å². The summed E-state index contributed by atoms with van der Waals surface area (Å²) in [6, 6.07) is 6.96. The van der Waals surface area contributed by atoms with Crippen molar-refractivity contribution in [3.05, 3.63) is 29.8 Å². The summed E-state index contributed by atoms with van der Waals surface area (Å²) in [5.41, 5.74) is 0.204. The van der Waals surface area contributed by atoms with Crippen LogP contribution in [0.5, 0.6) is 5.75 Å². The Hall–Kier alpha value is -2.64. The van der Waals surface area contributed by atoms with Gasteiger partial charge in [0.2, 0.25) is 5.91 Å². The van der Waals surface area contributed by atoms with Crippen molar-refractivity contribution < 1.29 is 28.2 Å². The zero-order valence-corrected chi connectivity index (χ0v) is 16.9. The monoisotopic (exact) mass is 406 g/mol. The molecule has 3 atom stereocenters. The zero-order chi connectivity index (χ0) is 21.2. The van der Waals surface area contributed by atoms with Crippen molar-refractivity contribution in [3.8, 4) is 5.75 Å². The summed E-state index contributed by atoms with van der Waals surface area (Å²) >= 11 is 0. The molecule has 2 aliphatic rings. The maximum Gasteiger partial charge on any atom is 0.410 e. The van der Waals surface area contributed by atoms with E-state index in [1.54, 1.807) is 45.0 Å². The van der Waals surface area contributed by atoms with Gasteiger partial charge in [-0.1, -0.05) is 12.1 Å². The minimum absolute atomic E-state index is 0.00585. The highest BCUT2D eigenvalue weighted by molar-refractivity contribution is 5.99. The Bertz CT molecular complexity index is 774. The van der Waals surface area contributed by atoms with Gasteiger partial charge in [0.1, 0.15) is 17.5 Å². The summed E-state index contributed by atoms with van der Waals surface area (Å²) in [7, 11) is 0. The highest BCUT2D eigenvalue weighted by Crippen LogP contribution is 2.32. The van der Waals surface area contributed by atoms with Gasteiger partial charge in [-0.2, -0.15) is 0 Å². The fraction of sp³-hybridized carbons (Fsp3) is 0.571. The standard InChI is InChI=1S/C21H27FN2O5/c1-21(2,3)29-20(27)24-11-10-15(16(22)12-24)13-4-6-14(7-5-13)28-17-8-9-18(25)23-19(17)26/h4-7,15-17H,8-12H2,1-3H3,(H,23,25,26). The maximum atomic E-state index is 14.8. The second kappa shape index (κ2) is 8.39. The van der Waals surface area contributed by atoms with E-state index in [0.717, 1.165) is 5.56 Å². The van der Waals surface area contributed by atoms with Gasteiger partial charge in [0.25, 0.3) is 5.91 Å². The van der Waals surface area contributed by atoms with E-state index in [0.29, 0.717) is 25.1 Å². The Morgan fingerprint density at radius 2 is 1.86 bits per heavy atom. The molecule has 2 aliphatic heterocycles. The smallest absolute Gasteiger partial charge is 0.410 e. The summed E-state index contributed by atoms with van der Waals surface area (Å²) in [6.07, 6.45) is -1.32. The molecule has 0 radical (unpaired) electrons. The number of hydrogen-bond acceptors (Lipinski definition) is 5. The quantitative estimate of drug-likeness (QED) is 0.780. The fourth-order valence-corrected chi connectivity index (χ4v) is 3.52. The van der Waals surface area contributed by atoms with Crippen molar-refractivity contribution in [2.24, 2.45) is 0 Å². The number of nitrogens with one attached hydrogen (secondary N) is 1. The van der Waals surface area contributed by atoms with E-state index in [4.69, 9.17) is 9.47 Å². The number of ether oxygens (including phenoxy) is 2. The van der Waals surface area contributed by atoms with E-state index >= 15 is 0 Å². The molecular weight excluding hydrogens is 379 g/mol. The van der Waals surface area contributed by atoms with E-state index in [9.17, 15) is 18.8 Å². The van der Waals surface area contributed by atoms with Gasteiger partial charge in [0.15, 0.2) is 6.10 Å². The number of hydrogen-bond donors (Lipinski definition) is 1. The van der Waals surface area contributed by atoms with Crippen LogP contribution < -0.4 is 10.1 Å². The first-order chi connectivity index (χ1) is 13.6. The third-order valence-electron chi connectivity index (χ3n) is 4.97. The third kappa shape index (κ3) is 5.46. The molecule has 0 aromatic heterocycles. The number of nitrogens with zero attached hydrogens (tertiary/aromatic N) is 1. The number of piperidine rings is 2. The van der Waals surface area contributed by atoms with E-state index in [2.05, 4.69) is 5.32 Å². The topological polar surface area (TPSA) is 84.9 Å². The number of carbonyl (C=O) groups is 3. The molecule has 0 bridgehead atoms. The van der Waals surface area contributed by atoms with Gasteiger partial charge in [-0.05, 0) is 44.9 Å². The molecular formula is C21H27FN2O5. The van der Waals surface area contributed by atoms with Crippen LogP contribution in [0.3, 0.4) is 0 Å². The minimum atomic E-state index is -1.20. The Kier molecular flexibility index (Phi) is 6.10. The molecule has 0 spiro atoms. The van der Waals surface area contributed by atoms with Crippen LogP contribution in [-0.2, 0) is 14.3 Å². The number of benzene rings is 1. The van der Waals surface area contributed by atoms with Gasteiger partial charge in [0, 0.05) is 25.3 Å². The Morgan fingerprint density at radius 3 is 2.45 bits per heavy atom. The normalized spacial score (nSPS) is 25.4. The molecule has 7 nitrogen and oxygen atoms in total. The van der Waals surface area contributed by atoms with Crippen molar-refractivity contribution in [2.75, 3.05) is 13.1 Å². The second-order valence-electron chi connectivity index (χ2n) is 8.46. The second-order valence-corrected chi connectivity index (χ2v) is 8.46.